The van der Waals surface area contributed by atoms with Gasteiger partial charge in [0.15, 0.2) is 0 Å². The van der Waals surface area contributed by atoms with Gasteiger partial charge in [0.2, 0.25) is 5.91 Å². The largest absolute Gasteiger partial charge is 0.339 e. The highest BCUT2D eigenvalue weighted by Crippen LogP contribution is 2.11. The number of piperazine rings is 1. The summed E-state index contributed by atoms with van der Waals surface area (Å²) in [5.74, 6) is 0.205. The smallest absolute Gasteiger partial charge is 0.317 e. The van der Waals surface area contributed by atoms with Gasteiger partial charge in [-0.1, -0.05) is 23.7 Å². The van der Waals surface area contributed by atoms with Crippen LogP contribution in [-0.4, -0.2) is 72.5 Å². The number of rotatable bonds is 5. The molecule has 7 heteroatoms. The van der Waals surface area contributed by atoms with Crippen LogP contribution in [0, 0.1) is 0 Å². The molecule has 0 radical (unpaired) electrons. The van der Waals surface area contributed by atoms with Crippen LogP contribution in [-0.2, 0) is 11.3 Å². The third-order valence-electron chi connectivity index (χ3n) is 5.09. The second-order valence-electron chi connectivity index (χ2n) is 6.96. The predicted octanol–water partition coefficient (Wildman–Crippen LogP) is 2.18. The Morgan fingerprint density at radius 2 is 1.69 bits per heavy atom. The van der Waals surface area contributed by atoms with Crippen molar-refractivity contribution in [1.29, 1.82) is 0 Å². The molecule has 0 bridgehead atoms. The Morgan fingerprint density at radius 3 is 2.38 bits per heavy atom. The summed E-state index contributed by atoms with van der Waals surface area (Å²) in [6, 6.07) is 7.37. The number of nitrogens with zero attached hydrogens (tertiary/aromatic N) is 3. The average Bonchev–Trinajstić information content (AvgIpc) is 3.18. The number of likely N-dealkylation sites (tertiary alicyclic amines) is 1. The minimum absolute atomic E-state index is 0.0888. The van der Waals surface area contributed by atoms with Gasteiger partial charge in [0.25, 0.3) is 0 Å². The Kier molecular flexibility index (Phi) is 6.74. The van der Waals surface area contributed by atoms with Crippen molar-refractivity contribution in [2.45, 2.75) is 25.8 Å². The maximum atomic E-state index is 12.3. The van der Waals surface area contributed by atoms with E-state index in [2.05, 4.69) is 10.2 Å². The first-order chi connectivity index (χ1) is 12.6. The molecule has 0 spiro atoms. The molecule has 2 aliphatic heterocycles. The molecular weight excluding hydrogens is 352 g/mol. The van der Waals surface area contributed by atoms with Crippen LogP contribution < -0.4 is 5.32 Å². The molecule has 0 aliphatic carbocycles. The number of hydrogen-bond acceptors (Lipinski definition) is 3. The Balaban J connectivity index is 1.37. The number of urea groups is 1. The van der Waals surface area contributed by atoms with Gasteiger partial charge in [-0.05, 0) is 43.6 Å². The van der Waals surface area contributed by atoms with E-state index in [1.807, 2.05) is 29.2 Å². The maximum absolute atomic E-state index is 12.3. The zero-order valence-corrected chi connectivity index (χ0v) is 15.9. The SMILES string of the molecule is O=C(CCN1CCCC1)N1CCN(C(=O)NCc2cccc(Cl)c2)CC1. The van der Waals surface area contributed by atoms with Gasteiger partial charge in [0, 0.05) is 50.7 Å². The van der Waals surface area contributed by atoms with Crippen LogP contribution in [0.1, 0.15) is 24.8 Å². The zero-order valence-electron chi connectivity index (χ0n) is 15.1. The average molecular weight is 379 g/mol. The van der Waals surface area contributed by atoms with E-state index in [-0.39, 0.29) is 11.9 Å². The van der Waals surface area contributed by atoms with Gasteiger partial charge in [-0.15, -0.1) is 0 Å². The lowest BCUT2D eigenvalue weighted by Gasteiger charge is -2.35. The lowest BCUT2D eigenvalue weighted by Crippen LogP contribution is -2.53. The number of amides is 3. The Bertz CT molecular complexity index is 626. The van der Waals surface area contributed by atoms with Crippen molar-refractivity contribution in [1.82, 2.24) is 20.0 Å². The van der Waals surface area contributed by atoms with Crippen LogP contribution in [0.25, 0.3) is 0 Å². The quantitative estimate of drug-likeness (QED) is 0.854. The fourth-order valence-corrected chi connectivity index (χ4v) is 3.73. The van der Waals surface area contributed by atoms with Crippen LogP contribution in [0.3, 0.4) is 0 Å². The number of nitrogens with one attached hydrogen (secondary N) is 1. The van der Waals surface area contributed by atoms with Gasteiger partial charge in [-0.2, -0.15) is 0 Å². The minimum atomic E-state index is -0.0888. The van der Waals surface area contributed by atoms with Crippen LogP contribution in [0.5, 0.6) is 0 Å². The summed E-state index contributed by atoms with van der Waals surface area (Å²) in [4.78, 5) is 30.7. The van der Waals surface area contributed by atoms with E-state index in [9.17, 15) is 9.59 Å². The summed E-state index contributed by atoms with van der Waals surface area (Å²) in [7, 11) is 0. The van der Waals surface area contributed by atoms with Crippen molar-refractivity contribution >= 4 is 23.5 Å². The predicted molar refractivity (Wildman–Crippen MR) is 102 cm³/mol. The second-order valence-corrected chi connectivity index (χ2v) is 7.39. The first-order valence-corrected chi connectivity index (χ1v) is 9.77. The molecule has 0 saturated carbocycles. The van der Waals surface area contributed by atoms with E-state index < -0.39 is 0 Å². The molecule has 2 aliphatic rings. The molecule has 0 aromatic heterocycles. The van der Waals surface area contributed by atoms with Crippen molar-refractivity contribution in [3.05, 3.63) is 34.9 Å². The van der Waals surface area contributed by atoms with Crippen molar-refractivity contribution in [3.63, 3.8) is 0 Å². The van der Waals surface area contributed by atoms with Crippen LogP contribution in [0.4, 0.5) is 4.79 Å². The molecule has 2 saturated heterocycles. The van der Waals surface area contributed by atoms with E-state index in [1.165, 1.54) is 12.8 Å². The Morgan fingerprint density at radius 1 is 1.00 bits per heavy atom. The highest BCUT2D eigenvalue weighted by Gasteiger charge is 2.24. The summed E-state index contributed by atoms with van der Waals surface area (Å²) in [6.07, 6.45) is 3.08. The molecule has 0 unspecified atom stereocenters. The van der Waals surface area contributed by atoms with E-state index in [0.29, 0.717) is 44.2 Å². The second kappa shape index (κ2) is 9.24. The first-order valence-electron chi connectivity index (χ1n) is 9.39. The normalized spacial score (nSPS) is 18.2. The Labute approximate surface area is 160 Å². The highest BCUT2D eigenvalue weighted by molar-refractivity contribution is 6.30. The van der Waals surface area contributed by atoms with E-state index in [1.54, 1.807) is 4.90 Å². The van der Waals surface area contributed by atoms with E-state index in [4.69, 9.17) is 11.6 Å². The van der Waals surface area contributed by atoms with Crippen LogP contribution in [0.15, 0.2) is 24.3 Å². The lowest BCUT2D eigenvalue weighted by molar-refractivity contribution is -0.132. The van der Waals surface area contributed by atoms with Gasteiger partial charge in [-0.3, -0.25) is 4.79 Å². The first kappa shape index (κ1) is 19.0. The number of carbonyl (C=O) groups excluding carboxylic acids is 2. The molecule has 1 aromatic rings. The molecule has 6 nitrogen and oxygen atoms in total. The molecule has 2 heterocycles. The topological polar surface area (TPSA) is 55.9 Å². The van der Waals surface area contributed by atoms with Gasteiger partial charge >= 0.3 is 6.03 Å². The van der Waals surface area contributed by atoms with Crippen molar-refractivity contribution in [2.75, 3.05) is 45.8 Å². The number of carbonyl (C=O) groups is 2. The van der Waals surface area contributed by atoms with Crippen LogP contribution >= 0.6 is 11.6 Å². The molecule has 1 aromatic carbocycles. The lowest BCUT2D eigenvalue weighted by atomic mass is 10.2. The maximum Gasteiger partial charge on any atom is 0.317 e. The fraction of sp³-hybridized carbons (Fsp3) is 0.579. The fourth-order valence-electron chi connectivity index (χ4n) is 3.51. The molecule has 3 amide bonds. The molecule has 3 rings (SSSR count). The minimum Gasteiger partial charge on any atom is -0.339 e. The summed E-state index contributed by atoms with van der Waals surface area (Å²) < 4.78 is 0. The molecular formula is C19H27ClN4O2. The summed E-state index contributed by atoms with van der Waals surface area (Å²) in [6.45, 7) is 5.94. The molecule has 26 heavy (non-hydrogen) atoms. The highest BCUT2D eigenvalue weighted by atomic mass is 35.5. The molecule has 142 valence electrons. The third kappa shape index (κ3) is 5.35. The van der Waals surface area contributed by atoms with E-state index in [0.717, 1.165) is 25.2 Å². The Hall–Kier alpha value is -1.79. The van der Waals surface area contributed by atoms with Gasteiger partial charge in [0.05, 0.1) is 0 Å². The van der Waals surface area contributed by atoms with Crippen molar-refractivity contribution in [2.24, 2.45) is 0 Å². The number of benzene rings is 1. The van der Waals surface area contributed by atoms with Gasteiger partial charge < -0.3 is 20.0 Å². The number of halogens is 1. The third-order valence-corrected chi connectivity index (χ3v) is 5.33. The van der Waals surface area contributed by atoms with E-state index >= 15 is 0 Å². The molecule has 1 N–H and O–H groups in total. The standard InChI is InChI=1S/C19H27ClN4O2/c20-17-5-3-4-16(14-17)15-21-19(26)24-12-10-23(11-13-24)18(25)6-9-22-7-1-2-8-22/h3-5,14H,1-2,6-13,15H2,(H,21,26). The monoisotopic (exact) mass is 378 g/mol. The number of hydrogen-bond donors (Lipinski definition) is 1. The van der Waals surface area contributed by atoms with Gasteiger partial charge in [0.1, 0.15) is 0 Å². The van der Waals surface area contributed by atoms with Crippen molar-refractivity contribution in [3.8, 4) is 0 Å². The van der Waals surface area contributed by atoms with Crippen LogP contribution in [0.2, 0.25) is 5.02 Å². The van der Waals surface area contributed by atoms with Crippen molar-refractivity contribution < 1.29 is 9.59 Å². The molecule has 2 fully saturated rings. The molecule has 0 atom stereocenters. The zero-order chi connectivity index (χ0) is 18.4. The van der Waals surface area contributed by atoms with Gasteiger partial charge in [-0.25, -0.2) is 4.79 Å². The summed E-state index contributed by atoms with van der Waals surface area (Å²) in [5.41, 5.74) is 0.974. The summed E-state index contributed by atoms with van der Waals surface area (Å²) in [5, 5.41) is 3.59. The summed E-state index contributed by atoms with van der Waals surface area (Å²) >= 11 is 5.96.